The zero-order valence-corrected chi connectivity index (χ0v) is 19.8. The van der Waals surface area contributed by atoms with E-state index in [0.717, 1.165) is 19.6 Å². The molecule has 1 saturated heterocycles. The Morgan fingerprint density at radius 3 is 2.18 bits per heavy atom. The fourth-order valence-corrected chi connectivity index (χ4v) is 5.50. The van der Waals surface area contributed by atoms with Gasteiger partial charge in [-0.1, -0.05) is 43.3 Å². The summed E-state index contributed by atoms with van der Waals surface area (Å²) in [6.07, 6.45) is 0. The number of rotatable bonds is 6. The van der Waals surface area contributed by atoms with Crippen LogP contribution in [0.5, 0.6) is 0 Å². The van der Waals surface area contributed by atoms with E-state index in [4.69, 9.17) is 0 Å². The summed E-state index contributed by atoms with van der Waals surface area (Å²) in [5.41, 5.74) is 2.74. The van der Waals surface area contributed by atoms with Crippen LogP contribution in [0.2, 0.25) is 0 Å². The van der Waals surface area contributed by atoms with Crippen molar-refractivity contribution < 1.29 is 13.2 Å². The lowest BCUT2D eigenvalue weighted by Crippen LogP contribution is -2.48. The van der Waals surface area contributed by atoms with Gasteiger partial charge in [0.15, 0.2) is 0 Å². The summed E-state index contributed by atoms with van der Waals surface area (Å²) >= 11 is 0. The van der Waals surface area contributed by atoms with Crippen LogP contribution in [-0.4, -0.2) is 56.3 Å². The van der Waals surface area contributed by atoms with Crippen LogP contribution in [0.25, 0.3) is 11.1 Å². The number of carbonyl (C=O) groups is 1. The van der Waals surface area contributed by atoms with Gasteiger partial charge in [0.2, 0.25) is 10.0 Å². The summed E-state index contributed by atoms with van der Waals surface area (Å²) in [6, 6.07) is 22.6. The standard InChI is InChI=1S/C26H26N4O3S/c1-2-29-15-17-30(18-16-29)34(32,33)22-13-11-21(12-14-22)28-26(31)25-10-6-5-9-24(25)23-8-4-3-7-20(23)19-27/h3-14H,2,15-18H2,1H3,(H,28,31). The molecule has 3 aromatic rings. The molecule has 174 valence electrons. The number of sulfonamides is 1. The first kappa shape index (κ1) is 23.6. The minimum Gasteiger partial charge on any atom is -0.322 e. The Kier molecular flexibility index (Phi) is 7.08. The van der Waals surface area contributed by atoms with Gasteiger partial charge in [-0.15, -0.1) is 0 Å². The monoisotopic (exact) mass is 474 g/mol. The number of carbonyl (C=O) groups excluding carboxylic acids is 1. The van der Waals surface area contributed by atoms with Crippen LogP contribution in [0, 0.1) is 11.3 Å². The Bertz CT molecular complexity index is 1320. The first-order chi connectivity index (χ1) is 16.4. The van der Waals surface area contributed by atoms with Gasteiger partial charge in [-0.3, -0.25) is 4.79 Å². The SMILES string of the molecule is CCN1CCN(S(=O)(=O)c2ccc(NC(=O)c3ccccc3-c3ccccc3C#N)cc2)CC1. The molecule has 0 aromatic heterocycles. The van der Waals surface area contributed by atoms with Gasteiger partial charge in [0.05, 0.1) is 16.5 Å². The highest BCUT2D eigenvalue weighted by Crippen LogP contribution is 2.28. The molecule has 1 aliphatic heterocycles. The molecule has 3 aromatic carbocycles. The molecule has 1 amide bonds. The molecule has 1 N–H and O–H groups in total. The Morgan fingerprint density at radius 2 is 1.53 bits per heavy atom. The third-order valence-electron chi connectivity index (χ3n) is 6.04. The molecule has 8 heteroatoms. The van der Waals surface area contributed by atoms with Gasteiger partial charge in [-0.05, 0) is 48.5 Å². The van der Waals surface area contributed by atoms with Crippen LogP contribution < -0.4 is 5.32 Å². The van der Waals surface area contributed by atoms with Crippen LogP contribution in [-0.2, 0) is 10.0 Å². The highest BCUT2D eigenvalue weighted by Gasteiger charge is 2.28. The maximum atomic E-state index is 13.1. The third-order valence-corrected chi connectivity index (χ3v) is 7.95. The Hall–Kier alpha value is -3.51. The second-order valence-corrected chi connectivity index (χ2v) is 9.96. The van der Waals surface area contributed by atoms with Gasteiger partial charge in [-0.2, -0.15) is 9.57 Å². The highest BCUT2D eigenvalue weighted by molar-refractivity contribution is 7.89. The van der Waals surface area contributed by atoms with Crippen LogP contribution in [0.1, 0.15) is 22.8 Å². The number of likely N-dealkylation sites (N-methyl/N-ethyl adjacent to an activating group) is 1. The molecule has 0 saturated carbocycles. The number of hydrogen-bond donors (Lipinski definition) is 1. The molecular formula is C26H26N4O3S. The second-order valence-electron chi connectivity index (χ2n) is 8.02. The predicted octanol–water partition coefficient (Wildman–Crippen LogP) is 3.80. The highest BCUT2D eigenvalue weighted by atomic mass is 32.2. The van der Waals surface area contributed by atoms with Crippen molar-refractivity contribution in [1.29, 1.82) is 5.26 Å². The minimum absolute atomic E-state index is 0.207. The molecule has 4 rings (SSSR count). The van der Waals surface area contributed by atoms with Gasteiger partial charge in [0.25, 0.3) is 5.91 Å². The fourth-order valence-electron chi connectivity index (χ4n) is 4.08. The van der Waals surface area contributed by atoms with E-state index in [2.05, 4.69) is 23.2 Å². The summed E-state index contributed by atoms with van der Waals surface area (Å²) < 4.78 is 27.5. The van der Waals surface area contributed by atoms with E-state index in [0.29, 0.717) is 41.0 Å². The Morgan fingerprint density at radius 1 is 0.912 bits per heavy atom. The first-order valence-electron chi connectivity index (χ1n) is 11.2. The van der Waals surface area contributed by atoms with E-state index < -0.39 is 10.0 Å². The first-order valence-corrected chi connectivity index (χ1v) is 12.6. The van der Waals surface area contributed by atoms with Crippen molar-refractivity contribution in [2.75, 3.05) is 38.0 Å². The summed E-state index contributed by atoms with van der Waals surface area (Å²) in [6.45, 7) is 5.35. The second kappa shape index (κ2) is 10.2. The van der Waals surface area contributed by atoms with E-state index in [1.165, 1.54) is 16.4 Å². The zero-order chi connectivity index (χ0) is 24.1. The van der Waals surface area contributed by atoms with Gasteiger partial charge >= 0.3 is 0 Å². The van der Waals surface area contributed by atoms with Crippen LogP contribution in [0.3, 0.4) is 0 Å². The van der Waals surface area contributed by atoms with Gasteiger partial charge < -0.3 is 10.2 Å². The lowest BCUT2D eigenvalue weighted by molar-refractivity contribution is 0.102. The maximum Gasteiger partial charge on any atom is 0.256 e. The van der Waals surface area contributed by atoms with Crippen LogP contribution in [0.4, 0.5) is 5.69 Å². The van der Waals surface area contributed by atoms with Crippen LogP contribution >= 0.6 is 0 Å². The Labute approximate surface area is 200 Å². The molecule has 7 nitrogen and oxygen atoms in total. The molecule has 1 aliphatic rings. The van der Waals surface area contributed by atoms with E-state index in [1.807, 2.05) is 18.2 Å². The summed E-state index contributed by atoms with van der Waals surface area (Å²) in [5, 5.41) is 12.3. The fraction of sp³-hybridized carbons (Fsp3) is 0.231. The molecule has 0 bridgehead atoms. The molecule has 0 atom stereocenters. The van der Waals surface area contributed by atoms with Crippen molar-refractivity contribution in [3.63, 3.8) is 0 Å². The van der Waals surface area contributed by atoms with E-state index in [-0.39, 0.29) is 10.8 Å². The minimum atomic E-state index is -3.58. The number of amides is 1. The van der Waals surface area contributed by atoms with Gasteiger partial charge in [0, 0.05) is 43.0 Å². The smallest absolute Gasteiger partial charge is 0.256 e. The van der Waals surface area contributed by atoms with E-state index >= 15 is 0 Å². The number of piperazine rings is 1. The maximum absolute atomic E-state index is 13.1. The average molecular weight is 475 g/mol. The zero-order valence-electron chi connectivity index (χ0n) is 18.9. The molecule has 34 heavy (non-hydrogen) atoms. The van der Waals surface area contributed by atoms with Crippen molar-refractivity contribution in [2.24, 2.45) is 0 Å². The summed E-state index contributed by atoms with van der Waals surface area (Å²) in [4.78, 5) is 15.5. The van der Waals surface area contributed by atoms with E-state index in [1.54, 1.807) is 42.5 Å². The van der Waals surface area contributed by atoms with Crippen molar-refractivity contribution >= 4 is 21.6 Å². The molecule has 0 radical (unpaired) electrons. The van der Waals surface area contributed by atoms with Crippen molar-refractivity contribution in [1.82, 2.24) is 9.21 Å². The van der Waals surface area contributed by atoms with Gasteiger partial charge in [-0.25, -0.2) is 8.42 Å². The van der Waals surface area contributed by atoms with Crippen molar-refractivity contribution in [3.05, 3.63) is 83.9 Å². The summed E-state index contributed by atoms with van der Waals surface area (Å²) in [7, 11) is -3.58. The molecular weight excluding hydrogens is 448 g/mol. The van der Waals surface area contributed by atoms with Crippen molar-refractivity contribution in [2.45, 2.75) is 11.8 Å². The van der Waals surface area contributed by atoms with Crippen molar-refractivity contribution in [3.8, 4) is 17.2 Å². The molecule has 0 aliphatic carbocycles. The summed E-state index contributed by atoms with van der Waals surface area (Å²) in [5.74, 6) is -0.338. The lowest BCUT2D eigenvalue weighted by Gasteiger charge is -2.33. The average Bonchev–Trinajstić information content (AvgIpc) is 2.89. The van der Waals surface area contributed by atoms with Crippen LogP contribution in [0.15, 0.2) is 77.7 Å². The quantitative estimate of drug-likeness (QED) is 0.587. The Balaban J connectivity index is 1.52. The van der Waals surface area contributed by atoms with Gasteiger partial charge in [0.1, 0.15) is 0 Å². The number of nitriles is 1. The number of anilines is 1. The molecule has 0 unspecified atom stereocenters. The number of nitrogens with zero attached hydrogens (tertiary/aromatic N) is 3. The predicted molar refractivity (Wildman–Crippen MR) is 132 cm³/mol. The number of hydrogen-bond acceptors (Lipinski definition) is 5. The topological polar surface area (TPSA) is 93.5 Å². The molecule has 0 spiro atoms. The van der Waals surface area contributed by atoms with E-state index in [9.17, 15) is 18.5 Å². The molecule has 1 fully saturated rings. The largest absolute Gasteiger partial charge is 0.322 e. The normalized spacial score (nSPS) is 14.9. The lowest BCUT2D eigenvalue weighted by atomic mass is 9.95. The molecule has 1 heterocycles. The number of benzene rings is 3. The third kappa shape index (κ3) is 4.87. The number of nitrogens with one attached hydrogen (secondary N) is 1.